The number of H-pyrrole nitrogens is 1. The maximum Gasteiger partial charge on any atom is 0.162 e. The average Bonchev–Trinajstić information content (AvgIpc) is 3.25. The second-order valence-corrected chi connectivity index (χ2v) is 7.95. The molecular formula is C21H24N2O. The number of allylic oxidation sites excluding steroid dienone is 2. The fourth-order valence-electron chi connectivity index (χ4n) is 6.08. The number of fused-ring (bicyclic) bond motifs is 5. The third kappa shape index (κ3) is 1.58. The normalized spacial score (nSPS) is 31.0. The van der Waals surface area contributed by atoms with E-state index in [-0.39, 0.29) is 11.3 Å². The SMILES string of the molecule is CCC[C@@H]1C[C@@H]2C[C@]13Cc1c(ccc4[nH]ncc14)C3=C(CC)C2=O. The Morgan fingerprint density at radius 2 is 2.21 bits per heavy atom. The van der Waals surface area contributed by atoms with Crippen LogP contribution in [-0.4, -0.2) is 16.0 Å². The zero-order valence-electron chi connectivity index (χ0n) is 14.5. The number of nitrogens with one attached hydrogen (secondary N) is 1. The van der Waals surface area contributed by atoms with Crippen molar-refractivity contribution in [2.75, 3.05) is 0 Å². The smallest absolute Gasteiger partial charge is 0.162 e. The molecule has 1 saturated carbocycles. The first-order valence-corrected chi connectivity index (χ1v) is 9.42. The molecule has 0 radical (unpaired) electrons. The number of benzene rings is 1. The maximum absolute atomic E-state index is 13.1. The predicted octanol–water partition coefficient (Wildman–Crippen LogP) is 4.68. The van der Waals surface area contributed by atoms with Crippen molar-refractivity contribution in [3.8, 4) is 0 Å². The van der Waals surface area contributed by atoms with Crippen LogP contribution in [0, 0.1) is 17.3 Å². The highest BCUT2D eigenvalue weighted by Gasteiger charge is 2.58. The molecule has 1 aromatic heterocycles. The summed E-state index contributed by atoms with van der Waals surface area (Å²) in [5.41, 5.74) is 6.66. The minimum Gasteiger partial charge on any atom is -0.294 e. The molecule has 1 aromatic carbocycles. The van der Waals surface area contributed by atoms with Gasteiger partial charge < -0.3 is 0 Å². The number of carbonyl (C=O) groups excluding carboxylic acids is 1. The molecule has 1 N–H and O–H groups in total. The van der Waals surface area contributed by atoms with E-state index in [1.54, 1.807) is 0 Å². The lowest BCUT2D eigenvalue weighted by atomic mass is 9.66. The van der Waals surface area contributed by atoms with E-state index in [4.69, 9.17) is 0 Å². The van der Waals surface area contributed by atoms with Crippen molar-refractivity contribution in [3.05, 3.63) is 35.0 Å². The molecule has 0 saturated heterocycles. The maximum atomic E-state index is 13.1. The van der Waals surface area contributed by atoms with Gasteiger partial charge in [-0.25, -0.2) is 0 Å². The van der Waals surface area contributed by atoms with Crippen LogP contribution in [0.1, 0.15) is 57.1 Å². The molecule has 3 aliphatic carbocycles. The Morgan fingerprint density at radius 3 is 3.00 bits per heavy atom. The standard InChI is InChI=1S/C21H24N2O/c1-3-5-13-8-12-9-21(13)10-16-15(19(21)14(4-2)20(12)24)6-7-18-17(16)11-22-23-18/h6-7,11-13H,3-5,8-10H2,1-2H3,(H,22,23)/t12-,13-,21+/m1/s1. The van der Waals surface area contributed by atoms with Crippen LogP contribution < -0.4 is 0 Å². The number of hydrogen-bond donors (Lipinski definition) is 1. The van der Waals surface area contributed by atoms with Crippen LogP contribution in [0.5, 0.6) is 0 Å². The van der Waals surface area contributed by atoms with Crippen LogP contribution in [0.3, 0.4) is 0 Å². The van der Waals surface area contributed by atoms with Crippen molar-refractivity contribution in [1.29, 1.82) is 0 Å². The van der Waals surface area contributed by atoms with E-state index in [9.17, 15) is 4.79 Å². The fourth-order valence-corrected chi connectivity index (χ4v) is 6.08. The molecule has 3 atom stereocenters. The van der Waals surface area contributed by atoms with Crippen LogP contribution in [0.15, 0.2) is 23.9 Å². The van der Waals surface area contributed by atoms with Gasteiger partial charge in [-0.05, 0) is 66.4 Å². The van der Waals surface area contributed by atoms with Gasteiger partial charge in [0.25, 0.3) is 0 Å². The minimum atomic E-state index is 0.216. The Bertz CT molecular complexity index is 890. The zero-order chi connectivity index (χ0) is 16.5. The molecule has 24 heavy (non-hydrogen) atoms. The van der Waals surface area contributed by atoms with Crippen molar-refractivity contribution in [2.24, 2.45) is 17.3 Å². The van der Waals surface area contributed by atoms with Gasteiger partial charge in [-0.3, -0.25) is 9.89 Å². The van der Waals surface area contributed by atoms with E-state index in [1.165, 1.54) is 34.9 Å². The zero-order valence-corrected chi connectivity index (χ0v) is 14.5. The van der Waals surface area contributed by atoms with Gasteiger partial charge in [0.15, 0.2) is 5.78 Å². The summed E-state index contributed by atoms with van der Waals surface area (Å²) in [7, 11) is 0. The first-order valence-electron chi connectivity index (χ1n) is 9.42. The number of aromatic nitrogens is 2. The van der Waals surface area contributed by atoms with E-state index in [0.717, 1.165) is 36.8 Å². The molecule has 3 nitrogen and oxygen atoms in total. The Hall–Kier alpha value is -1.90. The Labute approximate surface area is 142 Å². The van der Waals surface area contributed by atoms with Crippen LogP contribution in [0.25, 0.3) is 16.5 Å². The van der Waals surface area contributed by atoms with Gasteiger partial charge in [-0.1, -0.05) is 26.3 Å². The Kier molecular flexibility index (Phi) is 2.89. The lowest BCUT2D eigenvalue weighted by Crippen LogP contribution is -2.31. The summed E-state index contributed by atoms with van der Waals surface area (Å²) in [6, 6.07) is 4.38. The van der Waals surface area contributed by atoms with Crippen LogP contribution in [0.2, 0.25) is 0 Å². The second kappa shape index (κ2) is 4.81. The van der Waals surface area contributed by atoms with Gasteiger partial charge in [0.1, 0.15) is 0 Å². The van der Waals surface area contributed by atoms with Gasteiger partial charge >= 0.3 is 0 Å². The van der Waals surface area contributed by atoms with Crippen molar-refractivity contribution in [3.63, 3.8) is 0 Å². The van der Waals surface area contributed by atoms with Gasteiger partial charge in [0.2, 0.25) is 0 Å². The molecule has 124 valence electrons. The summed E-state index contributed by atoms with van der Waals surface area (Å²) in [5.74, 6) is 1.38. The molecule has 3 heteroatoms. The van der Waals surface area contributed by atoms with Gasteiger partial charge in [-0.2, -0.15) is 5.10 Å². The van der Waals surface area contributed by atoms with Crippen LogP contribution in [-0.2, 0) is 11.2 Å². The summed E-state index contributed by atoms with van der Waals surface area (Å²) < 4.78 is 0. The molecule has 3 aliphatic rings. The summed E-state index contributed by atoms with van der Waals surface area (Å²) in [5, 5.41) is 8.62. The monoisotopic (exact) mass is 320 g/mol. The number of nitrogens with zero attached hydrogens (tertiary/aromatic N) is 1. The van der Waals surface area contributed by atoms with Gasteiger partial charge in [0, 0.05) is 16.7 Å². The van der Waals surface area contributed by atoms with E-state index in [2.05, 4.69) is 36.2 Å². The van der Waals surface area contributed by atoms with E-state index >= 15 is 0 Å². The molecule has 1 heterocycles. The summed E-state index contributed by atoms with van der Waals surface area (Å²) in [6.07, 6.45) is 8.57. The molecule has 5 rings (SSSR count). The van der Waals surface area contributed by atoms with Gasteiger partial charge in [0.05, 0.1) is 11.7 Å². The third-order valence-electron chi connectivity index (χ3n) is 6.92. The highest BCUT2D eigenvalue weighted by molar-refractivity contribution is 6.09. The summed E-state index contributed by atoms with van der Waals surface area (Å²) in [4.78, 5) is 13.1. The van der Waals surface area contributed by atoms with Gasteiger partial charge in [-0.15, -0.1) is 0 Å². The van der Waals surface area contributed by atoms with Crippen molar-refractivity contribution >= 4 is 22.3 Å². The molecule has 2 bridgehead atoms. The molecule has 2 aromatic rings. The van der Waals surface area contributed by atoms with E-state index in [0.29, 0.717) is 11.7 Å². The third-order valence-corrected chi connectivity index (χ3v) is 6.92. The number of Topliss-reactive ketones (excluding diaryl/α,β-unsaturated/α-hetero) is 1. The van der Waals surface area contributed by atoms with Crippen molar-refractivity contribution in [2.45, 2.75) is 52.4 Å². The lowest BCUT2D eigenvalue weighted by molar-refractivity contribution is -0.119. The number of hydrogen-bond acceptors (Lipinski definition) is 2. The minimum absolute atomic E-state index is 0.216. The fraction of sp³-hybridized carbons (Fsp3) is 0.524. The summed E-state index contributed by atoms with van der Waals surface area (Å²) in [6.45, 7) is 4.43. The van der Waals surface area contributed by atoms with E-state index < -0.39 is 0 Å². The topological polar surface area (TPSA) is 45.8 Å². The second-order valence-electron chi connectivity index (χ2n) is 7.95. The number of ketones is 1. The first kappa shape index (κ1) is 14.4. The molecule has 0 unspecified atom stereocenters. The molecule has 0 amide bonds. The lowest BCUT2D eigenvalue weighted by Gasteiger charge is -2.36. The quantitative estimate of drug-likeness (QED) is 0.892. The Balaban J connectivity index is 1.81. The van der Waals surface area contributed by atoms with Crippen molar-refractivity contribution in [1.82, 2.24) is 10.2 Å². The van der Waals surface area contributed by atoms with Crippen LogP contribution in [0.4, 0.5) is 0 Å². The summed E-state index contributed by atoms with van der Waals surface area (Å²) >= 11 is 0. The molecule has 1 spiro atoms. The average molecular weight is 320 g/mol. The predicted molar refractivity (Wildman–Crippen MR) is 95.6 cm³/mol. The number of carbonyl (C=O) groups is 1. The van der Waals surface area contributed by atoms with E-state index in [1.807, 2.05) is 6.20 Å². The highest BCUT2D eigenvalue weighted by atomic mass is 16.1. The largest absolute Gasteiger partial charge is 0.294 e. The Morgan fingerprint density at radius 1 is 1.33 bits per heavy atom. The first-order chi connectivity index (χ1) is 11.7. The number of rotatable bonds is 3. The number of aromatic amines is 1. The highest BCUT2D eigenvalue weighted by Crippen LogP contribution is 2.66. The molecule has 1 fully saturated rings. The molecule has 0 aliphatic heterocycles. The van der Waals surface area contributed by atoms with Crippen LogP contribution >= 0.6 is 0 Å². The molecular weight excluding hydrogens is 296 g/mol. The van der Waals surface area contributed by atoms with Crippen molar-refractivity contribution < 1.29 is 4.79 Å².